The fourth-order valence-corrected chi connectivity index (χ4v) is 2.46. The molecule has 3 aromatic rings. The zero-order valence-electron chi connectivity index (χ0n) is 15.0. The van der Waals surface area contributed by atoms with Crippen molar-refractivity contribution in [3.63, 3.8) is 0 Å². The zero-order chi connectivity index (χ0) is 18.1. The first kappa shape index (κ1) is 19.4. The molecule has 0 aliphatic carbocycles. The molecule has 3 heteroatoms. The maximum Gasteiger partial charge on any atom is 0.336 e. The smallest absolute Gasteiger partial charge is 0.336 e. The molecule has 3 rings (SSSR count). The van der Waals surface area contributed by atoms with E-state index in [0.717, 1.165) is 11.3 Å². The number of benzene rings is 2. The summed E-state index contributed by atoms with van der Waals surface area (Å²) in [5, 5.41) is 10.2. The number of aromatic nitrogens is 1. The Balaban J connectivity index is 0.000000671. The van der Waals surface area contributed by atoms with E-state index in [1.54, 1.807) is 6.07 Å². The SMILES string of the molecule is CC.CC.Cc1c(-c2ccccc2)nc2ccccc2c1C(=O)O. The number of hydrogen-bond acceptors (Lipinski definition) is 2. The van der Waals surface area contributed by atoms with Crippen molar-refractivity contribution in [2.75, 3.05) is 0 Å². The quantitative estimate of drug-likeness (QED) is 0.633. The molecule has 0 amide bonds. The number of carbonyl (C=O) groups is 1. The largest absolute Gasteiger partial charge is 0.478 e. The molecule has 0 spiro atoms. The zero-order valence-corrected chi connectivity index (χ0v) is 15.0. The predicted octanol–water partition coefficient (Wildman–Crippen LogP) is 5.96. The van der Waals surface area contributed by atoms with Crippen LogP contribution in [-0.2, 0) is 0 Å². The molecule has 2 aromatic carbocycles. The van der Waals surface area contributed by atoms with Gasteiger partial charge in [-0.25, -0.2) is 9.78 Å². The van der Waals surface area contributed by atoms with E-state index in [0.29, 0.717) is 22.0 Å². The van der Waals surface area contributed by atoms with Gasteiger partial charge in [-0.15, -0.1) is 0 Å². The molecule has 0 saturated carbocycles. The lowest BCUT2D eigenvalue weighted by Gasteiger charge is -2.11. The summed E-state index contributed by atoms with van der Waals surface area (Å²) in [4.78, 5) is 16.2. The molecule has 24 heavy (non-hydrogen) atoms. The number of fused-ring (bicyclic) bond motifs is 1. The first-order valence-corrected chi connectivity index (χ1v) is 8.36. The third-order valence-corrected chi connectivity index (χ3v) is 3.40. The maximum absolute atomic E-state index is 11.6. The van der Waals surface area contributed by atoms with Gasteiger partial charge >= 0.3 is 5.97 Å². The van der Waals surface area contributed by atoms with Crippen molar-refractivity contribution >= 4 is 16.9 Å². The van der Waals surface area contributed by atoms with Gasteiger partial charge in [0.2, 0.25) is 0 Å². The van der Waals surface area contributed by atoms with Crippen LogP contribution in [0.4, 0.5) is 0 Å². The van der Waals surface area contributed by atoms with Crippen molar-refractivity contribution < 1.29 is 9.90 Å². The lowest BCUT2D eigenvalue weighted by atomic mass is 9.98. The minimum Gasteiger partial charge on any atom is -0.478 e. The highest BCUT2D eigenvalue weighted by atomic mass is 16.4. The summed E-state index contributed by atoms with van der Waals surface area (Å²) in [6.45, 7) is 9.81. The van der Waals surface area contributed by atoms with E-state index in [2.05, 4.69) is 4.98 Å². The molecular weight excluding hydrogens is 298 g/mol. The lowest BCUT2D eigenvalue weighted by Crippen LogP contribution is -2.04. The summed E-state index contributed by atoms with van der Waals surface area (Å²) in [5.74, 6) is -0.918. The van der Waals surface area contributed by atoms with Crippen LogP contribution >= 0.6 is 0 Å². The highest BCUT2D eigenvalue weighted by Gasteiger charge is 2.17. The van der Waals surface area contributed by atoms with Gasteiger partial charge in [-0.05, 0) is 18.6 Å². The van der Waals surface area contributed by atoms with E-state index in [9.17, 15) is 9.90 Å². The monoisotopic (exact) mass is 323 g/mol. The molecule has 0 aliphatic heterocycles. The molecule has 0 radical (unpaired) electrons. The fourth-order valence-electron chi connectivity index (χ4n) is 2.46. The normalized spacial score (nSPS) is 9.38. The van der Waals surface area contributed by atoms with Crippen LogP contribution in [0.1, 0.15) is 43.6 Å². The van der Waals surface area contributed by atoms with Gasteiger partial charge in [0, 0.05) is 10.9 Å². The van der Waals surface area contributed by atoms with E-state index >= 15 is 0 Å². The van der Waals surface area contributed by atoms with Crippen molar-refractivity contribution in [1.82, 2.24) is 4.98 Å². The molecule has 0 saturated heterocycles. The molecule has 3 nitrogen and oxygen atoms in total. The summed E-state index contributed by atoms with van der Waals surface area (Å²) < 4.78 is 0. The van der Waals surface area contributed by atoms with E-state index in [4.69, 9.17) is 0 Å². The molecule has 1 N–H and O–H groups in total. The summed E-state index contributed by atoms with van der Waals surface area (Å²) in [7, 11) is 0. The maximum atomic E-state index is 11.6. The van der Waals surface area contributed by atoms with Crippen LogP contribution in [0.5, 0.6) is 0 Å². The number of nitrogens with zero attached hydrogens (tertiary/aromatic N) is 1. The van der Waals surface area contributed by atoms with Gasteiger partial charge in [0.1, 0.15) is 0 Å². The molecule has 0 fully saturated rings. The predicted molar refractivity (Wildman–Crippen MR) is 102 cm³/mol. The first-order valence-electron chi connectivity index (χ1n) is 8.36. The Morgan fingerprint density at radius 1 is 0.875 bits per heavy atom. The van der Waals surface area contributed by atoms with Gasteiger partial charge in [0.15, 0.2) is 0 Å². The lowest BCUT2D eigenvalue weighted by molar-refractivity contribution is 0.0698. The topological polar surface area (TPSA) is 50.2 Å². The van der Waals surface area contributed by atoms with Gasteiger partial charge in [-0.1, -0.05) is 76.2 Å². The number of pyridine rings is 1. The second-order valence-electron chi connectivity index (χ2n) is 4.65. The highest BCUT2D eigenvalue weighted by Crippen LogP contribution is 2.29. The number of hydrogen-bond donors (Lipinski definition) is 1. The van der Waals surface area contributed by atoms with E-state index in [1.165, 1.54) is 0 Å². The molecule has 0 atom stereocenters. The van der Waals surface area contributed by atoms with Crippen LogP contribution in [-0.4, -0.2) is 16.1 Å². The van der Waals surface area contributed by atoms with Crippen LogP contribution in [0.3, 0.4) is 0 Å². The Hall–Kier alpha value is -2.68. The Bertz CT molecular complexity index is 796. The second-order valence-corrected chi connectivity index (χ2v) is 4.65. The van der Waals surface area contributed by atoms with Crippen molar-refractivity contribution in [3.05, 3.63) is 65.7 Å². The van der Waals surface area contributed by atoms with E-state index in [-0.39, 0.29) is 0 Å². The van der Waals surface area contributed by atoms with Gasteiger partial charge in [0.05, 0.1) is 16.8 Å². The van der Waals surface area contributed by atoms with Crippen molar-refractivity contribution in [1.29, 1.82) is 0 Å². The van der Waals surface area contributed by atoms with Crippen LogP contribution in [0, 0.1) is 6.92 Å². The molecule has 1 aromatic heterocycles. The summed E-state index contributed by atoms with van der Waals surface area (Å²) in [6.07, 6.45) is 0. The number of carboxylic acids is 1. The third-order valence-electron chi connectivity index (χ3n) is 3.40. The molecular formula is C21H25NO2. The Morgan fingerprint density at radius 3 is 2.00 bits per heavy atom. The standard InChI is InChI=1S/C17H13NO2.2C2H6/c1-11-15(17(19)20)13-9-5-6-10-14(13)18-16(11)12-7-3-2-4-8-12;2*1-2/h2-10H,1H3,(H,19,20);2*1-2H3. The van der Waals surface area contributed by atoms with Gasteiger partial charge in [-0.2, -0.15) is 0 Å². The Labute approximate surface area is 144 Å². The number of rotatable bonds is 2. The summed E-state index contributed by atoms with van der Waals surface area (Å²) in [5.41, 5.74) is 3.38. The van der Waals surface area contributed by atoms with E-state index in [1.807, 2.05) is 83.1 Å². The van der Waals surface area contributed by atoms with Crippen LogP contribution < -0.4 is 0 Å². The molecule has 126 valence electrons. The minimum atomic E-state index is -0.918. The van der Waals surface area contributed by atoms with Crippen molar-refractivity contribution in [2.45, 2.75) is 34.6 Å². The Kier molecular flexibility index (Phi) is 7.63. The number of carboxylic acid groups (broad SMARTS) is 1. The molecule has 0 unspecified atom stereocenters. The number of aromatic carboxylic acids is 1. The van der Waals surface area contributed by atoms with E-state index < -0.39 is 5.97 Å². The average Bonchev–Trinajstić information content (AvgIpc) is 2.65. The average molecular weight is 323 g/mol. The second kappa shape index (κ2) is 9.46. The fraction of sp³-hybridized carbons (Fsp3) is 0.238. The number of para-hydroxylation sites is 1. The third kappa shape index (κ3) is 3.99. The van der Waals surface area contributed by atoms with Gasteiger partial charge < -0.3 is 5.11 Å². The molecule has 1 heterocycles. The summed E-state index contributed by atoms with van der Waals surface area (Å²) >= 11 is 0. The van der Waals surface area contributed by atoms with Crippen LogP contribution in [0.25, 0.3) is 22.2 Å². The van der Waals surface area contributed by atoms with Crippen molar-refractivity contribution in [2.24, 2.45) is 0 Å². The molecule has 0 aliphatic rings. The van der Waals surface area contributed by atoms with Gasteiger partial charge in [-0.3, -0.25) is 0 Å². The van der Waals surface area contributed by atoms with Crippen LogP contribution in [0.2, 0.25) is 0 Å². The Morgan fingerprint density at radius 2 is 1.42 bits per heavy atom. The molecule has 0 bridgehead atoms. The minimum absolute atomic E-state index is 0.328. The van der Waals surface area contributed by atoms with Crippen LogP contribution in [0.15, 0.2) is 54.6 Å². The summed E-state index contributed by atoms with van der Waals surface area (Å²) in [6, 6.07) is 17.0. The van der Waals surface area contributed by atoms with Crippen molar-refractivity contribution in [3.8, 4) is 11.3 Å². The van der Waals surface area contributed by atoms with Gasteiger partial charge in [0.25, 0.3) is 0 Å². The highest BCUT2D eigenvalue weighted by molar-refractivity contribution is 6.05. The first-order chi connectivity index (χ1) is 11.7.